The van der Waals surface area contributed by atoms with Gasteiger partial charge in [0.1, 0.15) is 11.5 Å². The second-order valence-corrected chi connectivity index (χ2v) is 4.03. The molecule has 0 spiro atoms. The number of benzene rings is 2. The quantitative estimate of drug-likeness (QED) is 0.660. The Balaban J connectivity index is 2.00. The highest BCUT2D eigenvalue weighted by Crippen LogP contribution is 2.11. The Labute approximate surface area is 116 Å². The second-order valence-electron chi connectivity index (χ2n) is 4.03. The molecule has 2 N–H and O–H groups in total. The molecular weight excluding hydrogens is 256 g/mol. The standard InChI is InChI=1S/C15H14N2O3/c1-20-14-7-2-4-11(8-14)10-16-17-15(19)12-5-3-6-13(18)9-12/h2-10,18H,1H3,(H,17,19)/b16-10-. The highest BCUT2D eigenvalue weighted by Gasteiger charge is 2.04. The summed E-state index contributed by atoms with van der Waals surface area (Å²) in [6.07, 6.45) is 1.52. The molecule has 0 aliphatic rings. The molecule has 2 aromatic carbocycles. The van der Waals surface area contributed by atoms with Gasteiger partial charge < -0.3 is 9.84 Å². The van der Waals surface area contributed by atoms with Crippen LogP contribution < -0.4 is 10.2 Å². The monoisotopic (exact) mass is 270 g/mol. The number of phenolic OH excluding ortho intramolecular Hbond substituents is 1. The molecule has 0 radical (unpaired) electrons. The van der Waals surface area contributed by atoms with E-state index in [0.29, 0.717) is 11.3 Å². The van der Waals surface area contributed by atoms with Crippen LogP contribution in [0.15, 0.2) is 53.6 Å². The van der Waals surface area contributed by atoms with Gasteiger partial charge in [0.05, 0.1) is 13.3 Å². The van der Waals surface area contributed by atoms with E-state index in [1.807, 2.05) is 18.2 Å². The van der Waals surface area contributed by atoms with Gasteiger partial charge in [0.25, 0.3) is 5.91 Å². The fraction of sp³-hybridized carbons (Fsp3) is 0.0667. The van der Waals surface area contributed by atoms with Crippen LogP contribution in [-0.2, 0) is 0 Å². The van der Waals surface area contributed by atoms with Crippen LogP contribution in [0.2, 0.25) is 0 Å². The molecule has 0 bridgehead atoms. The number of rotatable bonds is 4. The van der Waals surface area contributed by atoms with Crippen molar-refractivity contribution in [3.05, 3.63) is 59.7 Å². The first kappa shape index (κ1) is 13.6. The molecule has 2 rings (SSSR count). The van der Waals surface area contributed by atoms with Gasteiger partial charge in [-0.15, -0.1) is 0 Å². The number of methoxy groups -OCH3 is 1. The summed E-state index contributed by atoms with van der Waals surface area (Å²) in [6, 6.07) is 13.3. The number of carbonyl (C=O) groups is 1. The molecule has 0 unspecified atom stereocenters. The van der Waals surface area contributed by atoms with Crippen molar-refractivity contribution in [1.29, 1.82) is 0 Å². The number of nitrogens with zero attached hydrogens (tertiary/aromatic N) is 1. The summed E-state index contributed by atoms with van der Waals surface area (Å²) in [4.78, 5) is 11.7. The van der Waals surface area contributed by atoms with Crippen molar-refractivity contribution in [2.75, 3.05) is 7.11 Å². The van der Waals surface area contributed by atoms with E-state index < -0.39 is 0 Å². The minimum Gasteiger partial charge on any atom is -0.508 e. The summed E-state index contributed by atoms with van der Waals surface area (Å²) in [7, 11) is 1.58. The molecule has 1 amide bonds. The van der Waals surface area contributed by atoms with Crippen molar-refractivity contribution in [1.82, 2.24) is 5.43 Å². The third-order valence-electron chi connectivity index (χ3n) is 2.58. The van der Waals surface area contributed by atoms with Gasteiger partial charge in [0.15, 0.2) is 0 Å². The number of amides is 1. The maximum Gasteiger partial charge on any atom is 0.271 e. The van der Waals surface area contributed by atoms with Crippen LogP contribution in [0.25, 0.3) is 0 Å². The number of aromatic hydroxyl groups is 1. The van der Waals surface area contributed by atoms with Crippen LogP contribution in [0.4, 0.5) is 0 Å². The van der Waals surface area contributed by atoms with Crippen molar-refractivity contribution in [3.63, 3.8) is 0 Å². The molecule has 2 aromatic rings. The van der Waals surface area contributed by atoms with Crippen molar-refractivity contribution in [2.24, 2.45) is 5.10 Å². The lowest BCUT2D eigenvalue weighted by molar-refractivity contribution is 0.0954. The van der Waals surface area contributed by atoms with Crippen LogP contribution in [0.5, 0.6) is 11.5 Å². The van der Waals surface area contributed by atoms with Crippen molar-refractivity contribution < 1.29 is 14.6 Å². The first-order valence-corrected chi connectivity index (χ1v) is 5.95. The molecule has 0 aromatic heterocycles. The lowest BCUT2D eigenvalue weighted by atomic mass is 10.2. The molecule has 0 aliphatic carbocycles. The Kier molecular flexibility index (Phi) is 4.34. The Morgan fingerprint density at radius 3 is 2.80 bits per heavy atom. The number of ether oxygens (including phenoxy) is 1. The summed E-state index contributed by atoms with van der Waals surface area (Å²) < 4.78 is 5.09. The smallest absolute Gasteiger partial charge is 0.271 e. The summed E-state index contributed by atoms with van der Waals surface area (Å²) in [5, 5.41) is 13.2. The van der Waals surface area contributed by atoms with Crippen LogP contribution >= 0.6 is 0 Å². The molecule has 0 saturated carbocycles. The van der Waals surface area contributed by atoms with Crippen molar-refractivity contribution in [3.8, 4) is 11.5 Å². The van der Waals surface area contributed by atoms with Gasteiger partial charge in [-0.1, -0.05) is 18.2 Å². The fourth-order valence-electron chi connectivity index (χ4n) is 1.60. The first-order valence-electron chi connectivity index (χ1n) is 5.95. The van der Waals surface area contributed by atoms with Gasteiger partial charge in [-0.2, -0.15) is 5.10 Å². The molecule has 20 heavy (non-hydrogen) atoms. The third-order valence-corrected chi connectivity index (χ3v) is 2.58. The molecule has 0 aliphatic heterocycles. The van der Waals surface area contributed by atoms with Gasteiger partial charge in [0, 0.05) is 5.56 Å². The molecule has 5 heteroatoms. The molecule has 0 fully saturated rings. The zero-order valence-corrected chi connectivity index (χ0v) is 10.9. The molecule has 102 valence electrons. The van der Waals surface area contributed by atoms with E-state index in [4.69, 9.17) is 4.74 Å². The summed E-state index contributed by atoms with van der Waals surface area (Å²) in [5.41, 5.74) is 3.54. The highest BCUT2D eigenvalue weighted by atomic mass is 16.5. The lowest BCUT2D eigenvalue weighted by Crippen LogP contribution is -2.17. The van der Waals surface area contributed by atoms with Gasteiger partial charge >= 0.3 is 0 Å². The van der Waals surface area contributed by atoms with Gasteiger partial charge in [-0.25, -0.2) is 5.43 Å². The zero-order chi connectivity index (χ0) is 14.4. The van der Waals surface area contributed by atoms with E-state index in [2.05, 4.69) is 10.5 Å². The summed E-state index contributed by atoms with van der Waals surface area (Å²) in [6.45, 7) is 0. The number of nitrogens with one attached hydrogen (secondary N) is 1. The topological polar surface area (TPSA) is 70.9 Å². The Hall–Kier alpha value is -2.82. The van der Waals surface area contributed by atoms with Gasteiger partial charge in [-0.05, 0) is 35.9 Å². The Morgan fingerprint density at radius 2 is 2.05 bits per heavy atom. The molecule has 0 saturated heterocycles. The Morgan fingerprint density at radius 1 is 1.25 bits per heavy atom. The average molecular weight is 270 g/mol. The SMILES string of the molecule is COc1cccc(/C=N\NC(=O)c2cccc(O)c2)c1. The minimum atomic E-state index is -0.389. The normalized spacial score (nSPS) is 10.4. The molecule has 0 heterocycles. The van der Waals surface area contributed by atoms with Crippen LogP contribution in [0.3, 0.4) is 0 Å². The average Bonchev–Trinajstić information content (AvgIpc) is 2.47. The summed E-state index contributed by atoms with van der Waals surface area (Å²) >= 11 is 0. The maximum atomic E-state index is 11.7. The minimum absolute atomic E-state index is 0.0365. The number of hydrogen-bond acceptors (Lipinski definition) is 4. The predicted molar refractivity (Wildman–Crippen MR) is 76.2 cm³/mol. The highest BCUT2D eigenvalue weighted by molar-refractivity contribution is 5.95. The zero-order valence-electron chi connectivity index (χ0n) is 10.9. The van der Waals surface area contributed by atoms with E-state index in [1.54, 1.807) is 25.3 Å². The second kappa shape index (κ2) is 6.38. The third kappa shape index (κ3) is 3.58. The van der Waals surface area contributed by atoms with E-state index in [9.17, 15) is 9.90 Å². The van der Waals surface area contributed by atoms with E-state index in [0.717, 1.165) is 5.56 Å². The van der Waals surface area contributed by atoms with Crippen molar-refractivity contribution in [2.45, 2.75) is 0 Å². The molecule has 0 atom stereocenters. The van der Waals surface area contributed by atoms with E-state index in [-0.39, 0.29) is 11.7 Å². The first-order chi connectivity index (χ1) is 9.69. The fourth-order valence-corrected chi connectivity index (χ4v) is 1.60. The lowest BCUT2D eigenvalue weighted by Gasteiger charge is -2.01. The largest absolute Gasteiger partial charge is 0.508 e. The van der Waals surface area contributed by atoms with Crippen LogP contribution in [-0.4, -0.2) is 24.3 Å². The molecular formula is C15H14N2O3. The molecule has 5 nitrogen and oxygen atoms in total. The van der Waals surface area contributed by atoms with E-state index in [1.165, 1.54) is 18.3 Å². The van der Waals surface area contributed by atoms with Crippen molar-refractivity contribution >= 4 is 12.1 Å². The number of hydrazone groups is 1. The predicted octanol–water partition coefficient (Wildman–Crippen LogP) is 2.16. The van der Waals surface area contributed by atoms with Gasteiger partial charge in [0.2, 0.25) is 0 Å². The number of phenols is 1. The summed E-state index contributed by atoms with van der Waals surface area (Å²) in [5.74, 6) is 0.364. The number of hydrogen-bond donors (Lipinski definition) is 2. The Bertz CT molecular complexity index is 639. The van der Waals surface area contributed by atoms with Gasteiger partial charge in [-0.3, -0.25) is 4.79 Å². The van der Waals surface area contributed by atoms with E-state index >= 15 is 0 Å². The maximum absolute atomic E-state index is 11.7. The van der Waals surface area contributed by atoms with Crippen LogP contribution in [0, 0.1) is 0 Å². The number of carbonyl (C=O) groups excluding carboxylic acids is 1. The van der Waals surface area contributed by atoms with Crippen LogP contribution in [0.1, 0.15) is 15.9 Å².